The van der Waals surface area contributed by atoms with Gasteiger partial charge >= 0.3 is 272 Å². The second-order valence-electron chi connectivity index (χ2n) is 14.3. The molecule has 3 nitrogen and oxygen atoms in total. The molecule has 0 saturated heterocycles. The molecular weight excluding hydrogens is 1270 g/mol. The van der Waals surface area contributed by atoms with Crippen molar-refractivity contribution in [2.75, 3.05) is 10.6 Å². The van der Waals surface area contributed by atoms with E-state index in [0.717, 1.165) is 66.9 Å². The zero-order valence-electron chi connectivity index (χ0n) is 31.3. The third-order valence-electron chi connectivity index (χ3n) is 11.2. The van der Waals surface area contributed by atoms with E-state index in [1.165, 1.54) is 30.8 Å². The van der Waals surface area contributed by atoms with Gasteiger partial charge in [-0.1, -0.05) is 59.8 Å². The van der Waals surface area contributed by atoms with Gasteiger partial charge in [0.2, 0.25) is 0 Å². The number of hydrogen-bond acceptors (Lipinski definition) is 2. The van der Waals surface area contributed by atoms with Crippen LogP contribution in [0.25, 0.3) is 38.6 Å². The van der Waals surface area contributed by atoms with Crippen LogP contribution >= 0.6 is 0 Å². The van der Waals surface area contributed by atoms with Crippen LogP contribution in [0.15, 0.2) is 168 Å². The molecule has 2 N–H and O–H groups in total. The summed E-state index contributed by atoms with van der Waals surface area (Å²) in [6.45, 7) is 3.92. The summed E-state index contributed by atoms with van der Waals surface area (Å²) in [6, 6.07) is 71.2. The van der Waals surface area contributed by atoms with Crippen LogP contribution in [0, 0.1) is 90.1 Å². The normalized spacial score (nSPS) is 12.3. The van der Waals surface area contributed by atoms with Crippen LogP contribution in [0.4, 0.5) is 22.7 Å². The number of benzene rings is 8. The Kier molecular flexibility index (Phi) is 11.2. The Morgan fingerprint density at radius 1 is 0.534 bits per heavy atom. The summed E-state index contributed by atoms with van der Waals surface area (Å²) >= 11 is -0.227. The first-order valence-corrected chi connectivity index (χ1v) is 21.1. The van der Waals surface area contributed by atoms with Crippen LogP contribution in [0.2, 0.25) is 0 Å². The molecule has 0 amide bonds. The zero-order chi connectivity index (χ0) is 37.2. The second-order valence-corrected chi connectivity index (χ2v) is 17.1. The minimum Gasteiger partial charge on any atom is 2.00 e. The Balaban J connectivity index is 0.00000218. The number of aromatic nitrogens is 1. The number of halogens is 1. The molecule has 58 heavy (non-hydrogen) atoms. The molecule has 0 bridgehead atoms. The number of nitrogens with one attached hydrogen (secondary N) is 2. The summed E-state index contributed by atoms with van der Waals surface area (Å²) in [5.74, 6) is 0. The standard InChI is InChI=1S/C50H31B2IN3.2U/c1-2-53-37-27-25-36(26-28-37)52-42-18-10-12-20-46(42)55-48-32-50-40(30-44(48)52)39-29-43-47(31-49(39)56(50)38-15-7-4-8-16-38)54-45-19-11-9-17-41(45)51(43)35-23-21-34(22-24-35)33-13-5-3-6-14-33;;/h2-16,19-23,25,27-32,54-55H,1H2;;/q-5;2*+2. The van der Waals surface area contributed by atoms with Gasteiger partial charge < -0.3 is 5.32 Å². The summed E-state index contributed by atoms with van der Waals surface area (Å²) in [5, 5.41) is 10.0. The topological polar surface area (TPSA) is 29.0 Å². The van der Waals surface area contributed by atoms with E-state index >= 15 is 0 Å². The van der Waals surface area contributed by atoms with Crippen molar-refractivity contribution in [3.63, 3.8) is 0 Å². The predicted octanol–water partition coefficient (Wildman–Crippen LogP) is 4.20. The summed E-state index contributed by atoms with van der Waals surface area (Å²) in [6.07, 6.45) is 0. The van der Waals surface area contributed by atoms with Gasteiger partial charge in [0.25, 0.3) is 0 Å². The molecular formula is C50H31B2IN3U2-. The molecule has 0 atom stereocenters. The van der Waals surface area contributed by atoms with Crippen LogP contribution in [-0.2, 0) is 0 Å². The van der Waals surface area contributed by atoms with Crippen LogP contribution in [-0.4, -0.2) is 18.0 Å². The van der Waals surface area contributed by atoms with Crippen LogP contribution in [0.1, 0.15) is 0 Å². The Bertz CT molecular complexity index is 2970. The fraction of sp³-hybridized carbons (Fsp3) is 0. The van der Waals surface area contributed by atoms with Crippen molar-refractivity contribution in [2.45, 2.75) is 0 Å². The van der Waals surface area contributed by atoms with Gasteiger partial charge in [-0.3, -0.25) is 0 Å². The van der Waals surface area contributed by atoms with Gasteiger partial charge in [-0.15, -0.1) is 5.56 Å². The van der Waals surface area contributed by atoms with Gasteiger partial charge in [0.15, 0.2) is 0 Å². The quantitative estimate of drug-likeness (QED) is 0.149. The molecule has 0 radical (unpaired) electrons. The maximum Gasteiger partial charge on any atom is 2.00 e. The van der Waals surface area contributed by atoms with E-state index in [1.54, 1.807) is 0 Å². The largest absolute Gasteiger partial charge is 2.00 e. The Labute approximate surface area is 397 Å². The number of hydrogen-bond donors (Lipinski definition) is 2. The van der Waals surface area contributed by atoms with E-state index in [2.05, 4.69) is 196 Å². The van der Waals surface area contributed by atoms with Gasteiger partial charge in [0.1, 0.15) is 0 Å². The van der Waals surface area contributed by atoms with Crippen LogP contribution < -0.4 is 64.6 Å². The first-order chi connectivity index (χ1) is 27.7. The summed E-state index contributed by atoms with van der Waals surface area (Å²) in [7, 11) is 0. The van der Waals surface area contributed by atoms with Crippen LogP contribution in [0.5, 0.6) is 0 Å². The molecule has 0 saturated carbocycles. The first kappa shape index (κ1) is 39.3. The number of nitrogens with zero attached hydrogens (tertiary/aromatic N) is 1. The smallest absolute Gasteiger partial charge is 2.00 e. The molecule has 8 heteroatoms. The molecule has 1 aromatic heterocycles. The molecule has 268 valence electrons. The van der Waals surface area contributed by atoms with E-state index in [0.29, 0.717) is 0 Å². The zero-order valence-corrected chi connectivity index (χ0v) is 41.8. The number of fused-ring (bicyclic) bond motifs is 7. The third kappa shape index (κ3) is 6.76. The van der Waals surface area contributed by atoms with Crippen molar-refractivity contribution >= 4 is 90.8 Å². The van der Waals surface area contributed by atoms with Gasteiger partial charge in [-0.05, 0) is 0 Å². The van der Waals surface area contributed by atoms with Gasteiger partial charge in [0.05, 0.1) is 0 Å². The predicted molar refractivity (Wildman–Crippen MR) is 232 cm³/mol. The fourth-order valence-electron chi connectivity index (χ4n) is 8.71. The number of anilines is 4. The molecule has 2 aliphatic heterocycles. The van der Waals surface area contributed by atoms with Gasteiger partial charge in [-0.25, -0.2) is 0 Å². The molecule has 0 fully saturated rings. The van der Waals surface area contributed by atoms with Crippen molar-refractivity contribution in [2.24, 2.45) is 0 Å². The second kappa shape index (κ2) is 16.5. The molecule has 0 spiro atoms. The monoisotopic (exact) mass is 1300 g/mol. The van der Waals surface area contributed by atoms with Gasteiger partial charge in [0, 0.05) is 0 Å². The maximum absolute atomic E-state index is 3.99. The average molecular weight is 1300 g/mol. The van der Waals surface area contributed by atoms with Crippen molar-refractivity contribution in [3.8, 4) is 16.8 Å². The maximum atomic E-state index is 3.99. The van der Waals surface area contributed by atoms with E-state index in [9.17, 15) is 0 Å². The van der Waals surface area contributed by atoms with E-state index < -0.39 is 0 Å². The molecule has 3 heterocycles. The summed E-state index contributed by atoms with van der Waals surface area (Å²) < 4.78 is 5.78. The fourth-order valence-corrected chi connectivity index (χ4v) is 9.95. The number of rotatable bonds is 6. The Hall–Kier alpha value is -4.14. The summed E-state index contributed by atoms with van der Waals surface area (Å²) in [4.78, 5) is 0. The van der Waals surface area contributed by atoms with E-state index in [-0.39, 0.29) is 96.9 Å². The molecule has 9 aromatic rings. The first-order valence-electron chi connectivity index (χ1n) is 18.8. The number of para-hydroxylation sites is 1. The van der Waals surface area contributed by atoms with Crippen LogP contribution in [0.3, 0.4) is 0 Å². The molecule has 11 rings (SSSR count). The molecule has 0 unspecified atom stereocenters. The van der Waals surface area contributed by atoms with E-state index in [1.807, 2.05) is 12.1 Å². The third-order valence-corrected chi connectivity index (χ3v) is 13.0. The molecule has 8 aromatic carbocycles. The van der Waals surface area contributed by atoms with Crippen molar-refractivity contribution in [1.82, 2.24) is 4.57 Å². The van der Waals surface area contributed by atoms with Gasteiger partial charge in [-0.2, -0.15) is 59.5 Å². The Morgan fingerprint density at radius 2 is 1.09 bits per heavy atom. The Morgan fingerprint density at radius 3 is 1.60 bits per heavy atom. The van der Waals surface area contributed by atoms with Crippen molar-refractivity contribution in [3.05, 3.63) is 196 Å². The SMILES string of the molecule is C=C[I-]c1c[c-]c(B2c3[c-]cccc3Nc3cc4c(cc32)c2cc3c(cc2n4-c2ccccc2)Nc2ccc[c-]c2B3c2[c-]cc(-c3ccccc3)cc2)cc1.[U+2].[U+2]. The molecule has 0 aliphatic carbocycles. The van der Waals surface area contributed by atoms with Crippen molar-refractivity contribution < 1.29 is 83.4 Å². The van der Waals surface area contributed by atoms with Crippen molar-refractivity contribution in [1.29, 1.82) is 0 Å². The average Bonchev–Trinajstić information content (AvgIpc) is 3.56. The minimum atomic E-state index is -0.227. The van der Waals surface area contributed by atoms with E-state index in [4.69, 9.17) is 0 Å². The molecule has 2 aliphatic rings. The summed E-state index contributed by atoms with van der Waals surface area (Å²) in [5.41, 5.74) is 17.1. The minimum absolute atomic E-state index is 0.